The number of methoxy groups -OCH3 is 1. The quantitative estimate of drug-likeness (QED) is 0.176. The van der Waals surface area contributed by atoms with Gasteiger partial charge >= 0.3 is 0 Å². The number of anilines is 2. The number of amides is 2. The summed E-state index contributed by atoms with van der Waals surface area (Å²) >= 11 is 0. The smallest absolute Gasteiger partial charge is 0.294 e. The summed E-state index contributed by atoms with van der Waals surface area (Å²) in [5, 5.41) is 3.05. The summed E-state index contributed by atoms with van der Waals surface area (Å²) in [5.74, 6) is 1.44. The lowest BCUT2D eigenvalue weighted by Crippen LogP contribution is -2.47. The Labute approximate surface area is 270 Å². The van der Waals surface area contributed by atoms with Crippen molar-refractivity contribution in [3.63, 3.8) is 0 Å². The molecule has 236 valence electrons. The highest BCUT2D eigenvalue weighted by atomic mass is 16.5. The van der Waals surface area contributed by atoms with E-state index in [1.54, 1.807) is 30.2 Å². The van der Waals surface area contributed by atoms with Crippen LogP contribution in [0.2, 0.25) is 0 Å². The molecule has 2 aliphatic rings. The van der Waals surface area contributed by atoms with Crippen LogP contribution in [0, 0.1) is 6.92 Å². The highest BCUT2D eigenvalue weighted by Crippen LogP contribution is 2.36. The minimum Gasteiger partial charge on any atom is -0.497 e. The van der Waals surface area contributed by atoms with Crippen molar-refractivity contribution in [1.82, 2.24) is 10.2 Å². The number of benzene rings is 4. The van der Waals surface area contributed by atoms with Crippen molar-refractivity contribution >= 4 is 29.3 Å². The summed E-state index contributed by atoms with van der Waals surface area (Å²) in [5.41, 5.74) is 5.52. The first kappa shape index (κ1) is 30.9. The third-order valence-electron chi connectivity index (χ3n) is 8.47. The zero-order valence-corrected chi connectivity index (χ0v) is 26.4. The van der Waals surface area contributed by atoms with Gasteiger partial charge in [0.2, 0.25) is 0 Å². The van der Waals surface area contributed by atoms with Crippen molar-refractivity contribution in [2.45, 2.75) is 19.9 Å². The van der Waals surface area contributed by atoms with E-state index >= 15 is 0 Å². The molecule has 4 aromatic rings. The van der Waals surface area contributed by atoms with E-state index < -0.39 is 0 Å². The lowest BCUT2D eigenvalue weighted by atomic mass is 10.1. The molecule has 0 aromatic heterocycles. The van der Waals surface area contributed by atoms with E-state index in [9.17, 15) is 9.59 Å². The van der Waals surface area contributed by atoms with Gasteiger partial charge < -0.3 is 19.7 Å². The number of nitrogens with one attached hydrogen (secondary N) is 1. The number of hydrogen-bond acceptors (Lipinski definition) is 6. The molecular formula is C38H40N4O4. The number of hydrogen-bond donors (Lipinski definition) is 1. The maximum atomic E-state index is 13.6. The summed E-state index contributed by atoms with van der Waals surface area (Å²) in [6.45, 7) is 8.00. The zero-order chi connectivity index (χ0) is 31.9. The van der Waals surface area contributed by atoms with Crippen LogP contribution in [-0.2, 0) is 11.3 Å². The van der Waals surface area contributed by atoms with Crippen molar-refractivity contribution in [1.29, 1.82) is 0 Å². The van der Waals surface area contributed by atoms with Gasteiger partial charge in [-0.15, -0.1) is 0 Å². The highest BCUT2D eigenvalue weighted by molar-refractivity contribution is 6.09. The van der Waals surface area contributed by atoms with Crippen molar-refractivity contribution in [2.75, 3.05) is 56.2 Å². The van der Waals surface area contributed by atoms with Gasteiger partial charge in [-0.1, -0.05) is 54.1 Å². The molecule has 8 heteroatoms. The van der Waals surface area contributed by atoms with Crippen LogP contribution in [0.5, 0.6) is 11.5 Å². The largest absolute Gasteiger partial charge is 0.497 e. The van der Waals surface area contributed by atoms with Gasteiger partial charge in [0.05, 0.1) is 19.3 Å². The van der Waals surface area contributed by atoms with Gasteiger partial charge in [-0.05, 0) is 85.6 Å². The van der Waals surface area contributed by atoms with Crippen LogP contribution in [0.4, 0.5) is 11.4 Å². The van der Waals surface area contributed by atoms with Crippen LogP contribution in [0.1, 0.15) is 33.5 Å². The topological polar surface area (TPSA) is 74.4 Å². The SMILES string of the molecule is COc1ccc(N2CCN(CCCNC(=O)c3ccc(C=C4Oc5ccccc5N(Cc5cccc(C)c5)C4=O)cc3)CC2)cc1. The molecular weight excluding hydrogens is 576 g/mol. The maximum Gasteiger partial charge on any atom is 0.294 e. The van der Waals surface area contributed by atoms with Crippen LogP contribution < -0.4 is 24.6 Å². The molecule has 4 aromatic carbocycles. The molecule has 8 nitrogen and oxygen atoms in total. The lowest BCUT2D eigenvalue weighted by molar-refractivity contribution is -0.117. The van der Waals surface area contributed by atoms with Crippen molar-refractivity contribution in [3.8, 4) is 11.5 Å². The summed E-state index contributed by atoms with van der Waals surface area (Å²) in [7, 11) is 1.68. The predicted octanol–water partition coefficient (Wildman–Crippen LogP) is 5.91. The van der Waals surface area contributed by atoms with E-state index in [1.807, 2.05) is 73.7 Å². The van der Waals surface area contributed by atoms with Crippen LogP contribution in [0.25, 0.3) is 6.08 Å². The third kappa shape index (κ3) is 7.41. The van der Waals surface area contributed by atoms with E-state index in [4.69, 9.17) is 9.47 Å². The average molecular weight is 617 g/mol. The van der Waals surface area contributed by atoms with Gasteiger partial charge in [0.1, 0.15) is 5.75 Å². The number of fused-ring (bicyclic) bond motifs is 1. The van der Waals surface area contributed by atoms with Gasteiger partial charge in [-0.3, -0.25) is 19.4 Å². The number of piperazine rings is 1. The fourth-order valence-electron chi connectivity index (χ4n) is 5.92. The Morgan fingerprint density at radius 1 is 0.913 bits per heavy atom. The lowest BCUT2D eigenvalue weighted by Gasteiger charge is -2.36. The predicted molar refractivity (Wildman–Crippen MR) is 182 cm³/mol. The number of carbonyl (C=O) groups excluding carboxylic acids is 2. The van der Waals surface area contributed by atoms with E-state index in [0.717, 1.165) is 67.3 Å². The molecule has 0 spiro atoms. The molecule has 46 heavy (non-hydrogen) atoms. The fourth-order valence-corrected chi connectivity index (χ4v) is 5.92. The second-order valence-electron chi connectivity index (χ2n) is 11.7. The minimum absolute atomic E-state index is 0.105. The van der Waals surface area contributed by atoms with Crippen molar-refractivity contribution < 1.29 is 19.1 Å². The van der Waals surface area contributed by atoms with E-state index in [1.165, 1.54) is 5.69 Å². The van der Waals surface area contributed by atoms with Crippen LogP contribution in [-0.4, -0.2) is 63.1 Å². The van der Waals surface area contributed by atoms with Crippen LogP contribution >= 0.6 is 0 Å². The molecule has 0 saturated carbocycles. The first-order valence-electron chi connectivity index (χ1n) is 15.8. The normalized spacial score (nSPS) is 15.8. The molecule has 1 N–H and O–H groups in total. The first-order chi connectivity index (χ1) is 22.5. The Morgan fingerprint density at radius 3 is 2.41 bits per heavy atom. The van der Waals surface area contributed by atoms with E-state index in [2.05, 4.69) is 33.3 Å². The number of ether oxygens (including phenoxy) is 2. The van der Waals surface area contributed by atoms with Crippen LogP contribution in [0.15, 0.2) is 103 Å². The number of aryl methyl sites for hydroxylation is 1. The Kier molecular flexibility index (Phi) is 9.65. The van der Waals surface area contributed by atoms with Crippen molar-refractivity contribution in [2.24, 2.45) is 0 Å². The summed E-state index contributed by atoms with van der Waals surface area (Å²) in [6.07, 6.45) is 2.62. The van der Waals surface area contributed by atoms with Gasteiger partial charge in [0.25, 0.3) is 11.8 Å². The van der Waals surface area contributed by atoms with Gasteiger partial charge in [-0.2, -0.15) is 0 Å². The Hall–Kier alpha value is -5.08. The highest BCUT2D eigenvalue weighted by Gasteiger charge is 2.30. The van der Waals surface area contributed by atoms with Gasteiger partial charge in [0, 0.05) is 44.0 Å². The molecule has 6 rings (SSSR count). The standard InChI is InChI=1S/C38H40N4O4/c1-28-7-5-8-30(25-28)27-42-34-9-3-4-10-35(34)46-36(38(42)44)26-29-11-13-31(14-12-29)37(43)39-19-6-20-40-21-23-41(24-22-40)32-15-17-33(45-2)18-16-32/h3-5,7-18,25-26H,6,19-24,27H2,1-2H3,(H,39,43). The monoisotopic (exact) mass is 616 g/mol. The number of rotatable bonds is 10. The van der Waals surface area contributed by atoms with Gasteiger partial charge in [0.15, 0.2) is 11.5 Å². The van der Waals surface area contributed by atoms with Crippen molar-refractivity contribution in [3.05, 3.63) is 125 Å². The number of nitrogens with zero attached hydrogens (tertiary/aromatic N) is 3. The molecule has 1 fully saturated rings. The summed E-state index contributed by atoms with van der Waals surface area (Å²) in [4.78, 5) is 33.0. The molecule has 1 saturated heterocycles. The van der Waals surface area contributed by atoms with E-state index in [-0.39, 0.29) is 17.6 Å². The Morgan fingerprint density at radius 2 is 1.67 bits per heavy atom. The summed E-state index contributed by atoms with van der Waals surface area (Å²) in [6, 6.07) is 31.2. The fraction of sp³-hybridized carbons (Fsp3) is 0.263. The minimum atomic E-state index is -0.204. The molecule has 0 radical (unpaired) electrons. The molecule has 2 heterocycles. The number of para-hydroxylation sites is 2. The molecule has 2 amide bonds. The average Bonchev–Trinajstić information content (AvgIpc) is 3.09. The first-order valence-corrected chi connectivity index (χ1v) is 15.8. The Balaban J connectivity index is 0.997. The van der Waals surface area contributed by atoms with Gasteiger partial charge in [-0.25, -0.2) is 0 Å². The molecule has 0 atom stereocenters. The van der Waals surface area contributed by atoms with Crippen LogP contribution in [0.3, 0.4) is 0 Å². The number of carbonyl (C=O) groups is 2. The molecule has 0 aliphatic carbocycles. The van der Waals surface area contributed by atoms with E-state index in [0.29, 0.717) is 24.4 Å². The molecule has 2 aliphatic heterocycles. The summed E-state index contributed by atoms with van der Waals surface area (Å²) < 4.78 is 11.3. The Bertz CT molecular complexity index is 1690. The zero-order valence-electron chi connectivity index (χ0n) is 26.4. The third-order valence-corrected chi connectivity index (χ3v) is 8.47. The molecule has 0 bridgehead atoms. The second-order valence-corrected chi connectivity index (χ2v) is 11.7. The maximum absolute atomic E-state index is 13.6. The molecule has 0 unspecified atom stereocenters. The second kappa shape index (κ2) is 14.3.